The van der Waals surface area contributed by atoms with Crippen molar-refractivity contribution in [2.75, 3.05) is 12.4 Å². The van der Waals surface area contributed by atoms with Gasteiger partial charge in [-0.2, -0.15) is 0 Å². The second-order valence-electron chi connectivity index (χ2n) is 5.77. The maximum atomic E-state index is 5.35. The number of nitrogens with one attached hydrogen (secondary N) is 1. The Hall–Kier alpha value is -1.49. The van der Waals surface area contributed by atoms with E-state index in [2.05, 4.69) is 31.1 Å². The summed E-state index contributed by atoms with van der Waals surface area (Å²) in [5.74, 6) is 2.64. The monoisotopic (exact) mass is 291 g/mol. The molecule has 0 fully saturated rings. The van der Waals surface area contributed by atoms with Gasteiger partial charge < -0.3 is 9.73 Å². The summed E-state index contributed by atoms with van der Waals surface area (Å²) in [5, 5.41) is 4.13. The maximum Gasteiger partial charge on any atom is 0.137 e. The Morgan fingerprint density at radius 2 is 1.90 bits per heavy atom. The summed E-state index contributed by atoms with van der Waals surface area (Å²) >= 11 is 1.62. The molecule has 4 nitrogen and oxygen atoms in total. The van der Waals surface area contributed by atoms with Crippen molar-refractivity contribution in [2.45, 2.75) is 50.0 Å². The number of furan rings is 1. The first kappa shape index (κ1) is 14.9. The highest BCUT2D eigenvalue weighted by Gasteiger charge is 2.21. The van der Waals surface area contributed by atoms with E-state index in [-0.39, 0.29) is 5.41 Å². The zero-order chi connectivity index (χ0) is 14.9. The Labute approximate surface area is 124 Å². The van der Waals surface area contributed by atoms with Crippen molar-refractivity contribution in [3.63, 3.8) is 0 Å². The van der Waals surface area contributed by atoms with Crippen LogP contribution in [0.3, 0.4) is 0 Å². The third-order valence-electron chi connectivity index (χ3n) is 3.03. The van der Waals surface area contributed by atoms with Crippen LogP contribution in [0.15, 0.2) is 26.7 Å². The van der Waals surface area contributed by atoms with Crippen molar-refractivity contribution < 1.29 is 4.42 Å². The summed E-state index contributed by atoms with van der Waals surface area (Å²) in [6.45, 7) is 10.4. The molecule has 0 atom stereocenters. The average Bonchev–Trinajstić information content (AvgIpc) is 2.76. The summed E-state index contributed by atoms with van der Waals surface area (Å²) in [4.78, 5) is 10.4. The molecule has 108 valence electrons. The number of rotatable bonds is 3. The van der Waals surface area contributed by atoms with Crippen molar-refractivity contribution in [1.29, 1.82) is 0 Å². The van der Waals surface area contributed by atoms with E-state index < -0.39 is 0 Å². The quantitative estimate of drug-likeness (QED) is 0.860. The lowest BCUT2D eigenvalue weighted by Crippen LogP contribution is -2.18. The highest BCUT2D eigenvalue weighted by atomic mass is 32.2. The molecule has 5 heteroatoms. The summed E-state index contributed by atoms with van der Waals surface area (Å²) in [5.41, 5.74) is 0.978. The number of hydrogen-bond donors (Lipinski definition) is 1. The van der Waals surface area contributed by atoms with Crippen LogP contribution < -0.4 is 5.32 Å². The maximum absolute atomic E-state index is 5.35. The molecule has 0 aliphatic heterocycles. The molecule has 0 saturated heterocycles. The normalized spacial score (nSPS) is 11.7. The van der Waals surface area contributed by atoms with Crippen LogP contribution in [-0.4, -0.2) is 17.0 Å². The molecular weight excluding hydrogens is 270 g/mol. The number of anilines is 1. The van der Waals surface area contributed by atoms with Gasteiger partial charge in [0.1, 0.15) is 22.4 Å². The smallest absolute Gasteiger partial charge is 0.137 e. The highest BCUT2D eigenvalue weighted by molar-refractivity contribution is 7.99. The Kier molecular flexibility index (Phi) is 4.09. The standard InChI is InChI=1S/C15H21N3OS/c1-9-12(16-6)17-14(15(3,4)5)18-13(9)20-11-7-8-19-10(11)2/h7-8H,1-6H3,(H,16,17,18). The van der Waals surface area contributed by atoms with Gasteiger partial charge in [0.05, 0.1) is 11.2 Å². The zero-order valence-electron chi connectivity index (χ0n) is 12.9. The fraction of sp³-hybridized carbons (Fsp3) is 0.467. The van der Waals surface area contributed by atoms with Crippen LogP contribution in [0, 0.1) is 13.8 Å². The third kappa shape index (κ3) is 2.98. The lowest BCUT2D eigenvalue weighted by Gasteiger charge is -2.20. The van der Waals surface area contributed by atoms with E-state index in [9.17, 15) is 0 Å². The summed E-state index contributed by atoms with van der Waals surface area (Å²) < 4.78 is 5.35. The van der Waals surface area contributed by atoms with Crippen LogP contribution in [0.25, 0.3) is 0 Å². The molecule has 2 aromatic rings. The Bertz CT molecular complexity index is 614. The number of nitrogens with zero attached hydrogens (tertiary/aromatic N) is 2. The molecular formula is C15H21N3OS. The molecule has 2 heterocycles. The SMILES string of the molecule is CNc1nc(C(C)(C)C)nc(Sc2ccoc2C)c1C. The molecule has 0 aromatic carbocycles. The average molecular weight is 291 g/mol. The van der Waals surface area contributed by atoms with Gasteiger partial charge in [0.25, 0.3) is 0 Å². The second-order valence-corrected chi connectivity index (χ2v) is 6.80. The second kappa shape index (κ2) is 5.48. The van der Waals surface area contributed by atoms with Crippen LogP contribution in [0.2, 0.25) is 0 Å². The Balaban J connectivity index is 2.48. The molecule has 0 bridgehead atoms. The molecule has 0 aliphatic rings. The predicted molar refractivity (Wildman–Crippen MR) is 82.6 cm³/mol. The molecule has 1 N–H and O–H groups in total. The van der Waals surface area contributed by atoms with Gasteiger partial charge in [-0.25, -0.2) is 9.97 Å². The first-order chi connectivity index (χ1) is 9.32. The van der Waals surface area contributed by atoms with Crippen molar-refractivity contribution >= 4 is 17.6 Å². The van der Waals surface area contributed by atoms with E-state index in [1.165, 1.54) is 0 Å². The van der Waals surface area contributed by atoms with Crippen LogP contribution in [0.5, 0.6) is 0 Å². The lowest BCUT2D eigenvalue weighted by molar-refractivity contribution is 0.526. The van der Waals surface area contributed by atoms with Gasteiger partial charge in [-0.05, 0) is 19.9 Å². The highest BCUT2D eigenvalue weighted by Crippen LogP contribution is 2.35. The van der Waals surface area contributed by atoms with Crippen molar-refractivity contribution in [3.05, 3.63) is 29.5 Å². The molecule has 0 unspecified atom stereocenters. The topological polar surface area (TPSA) is 51.0 Å². The van der Waals surface area contributed by atoms with E-state index in [1.807, 2.05) is 27.0 Å². The first-order valence-corrected chi connectivity index (χ1v) is 7.43. The molecule has 0 aliphatic carbocycles. The number of aromatic nitrogens is 2. The van der Waals surface area contributed by atoms with E-state index in [1.54, 1.807) is 18.0 Å². The van der Waals surface area contributed by atoms with Crippen LogP contribution in [0.1, 0.15) is 37.9 Å². The van der Waals surface area contributed by atoms with Gasteiger partial charge in [-0.15, -0.1) is 0 Å². The minimum atomic E-state index is -0.0833. The van der Waals surface area contributed by atoms with Crippen LogP contribution in [-0.2, 0) is 5.41 Å². The van der Waals surface area contributed by atoms with E-state index in [0.717, 1.165) is 32.9 Å². The van der Waals surface area contributed by atoms with Gasteiger partial charge in [-0.3, -0.25) is 0 Å². The third-order valence-corrected chi connectivity index (χ3v) is 4.26. The van der Waals surface area contributed by atoms with Crippen molar-refractivity contribution in [1.82, 2.24) is 9.97 Å². The molecule has 0 radical (unpaired) electrons. The Morgan fingerprint density at radius 3 is 2.40 bits per heavy atom. The number of hydrogen-bond acceptors (Lipinski definition) is 5. The van der Waals surface area contributed by atoms with Gasteiger partial charge in [-0.1, -0.05) is 32.5 Å². The minimum Gasteiger partial charge on any atom is -0.468 e. The van der Waals surface area contributed by atoms with Gasteiger partial charge in [0.2, 0.25) is 0 Å². The lowest BCUT2D eigenvalue weighted by atomic mass is 9.95. The van der Waals surface area contributed by atoms with Crippen molar-refractivity contribution in [3.8, 4) is 0 Å². The summed E-state index contributed by atoms with van der Waals surface area (Å²) in [7, 11) is 1.89. The molecule has 2 aromatic heterocycles. The van der Waals surface area contributed by atoms with Gasteiger partial charge in [0.15, 0.2) is 0 Å². The van der Waals surface area contributed by atoms with E-state index >= 15 is 0 Å². The first-order valence-electron chi connectivity index (χ1n) is 6.61. The zero-order valence-corrected chi connectivity index (χ0v) is 13.7. The van der Waals surface area contributed by atoms with Gasteiger partial charge >= 0.3 is 0 Å². The minimum absolute atomic E-state index is 0.0833. The molecule has 2 rings (SSSR count). The van der Waals surface area contributed by atoms with Gasteiger partial charge in [0, 0.05) is 18.0 Å². The van der Waals surface area contributed by atoms with E-state index in [0.29, 0.717) is 0 Å². The van der Waals surface area contributed by atoms with Crippen LogP contribution >= 0.6 is 11.8 Å². The fourth-order valence-corrected chi connectivity index (χ4v) is 2.66. The molecule has 0 spiro atoms. The van der Waals surface area contributed by atoms with Crippen molar-refractivity contribution in [2.24, 2.45) is 0 Å². The number of aryl methyl sites for hydroxylation is 1. The summed E-state index contributed by atoms with van der Waals surface area (Å²) in [6, 6.07) is 1.97. The molecule has 0 amide bonds. The molecule has 20 heavy (non-hydrogen) atoms. The fourth-order valence-electron chi connectivity index (χ4n) is 1.76. The Morgan fingerprint density at radius 1 is 1.20 bits per heavy atom. The van der Waals surface area contributed by atoms with Crippen LogP contribution in [0.4, 0.5) is 5.82 Å². The summed E-state index contributed by atoms with van der Waals surface area (Å²) in [6.07, 6.45) is 1.71. The predicted octanol–water partition coefficient (Wildman–Crippen LogP) is 4.18. The molecule has 0 saturated carbocycles. The largest absolute Gasteiger partial charge is 0.468 e. The van der Waals surface area contributed by atoms with E-state index in [4.69, 9.17) is 9.40 Å².